The monoisotopic (exact) mass is 212 g/mol. The van der Waals surface area contributed by atoms with Crippen LogP contribution in [0.15, 0.2) is 0 Å². The highest BCUT2D eigenvalue weighted by atomic mass is 19.4. The Labute approximate surface area is 76.4 Å². The second-order valence-corrected chi connectivity index (χ2v) is 2.56. The smallest absolute Gasteiger partial charge is 0.319 e. The molecule has 0 bridgehead atoms. The molecule has 0 fully saturated rings. The topological polar surface area (TPSA) is 17.8 Å². The van der Waals surface area contributed by atoms with Crippen molar-refractivity contribution in [2.45, 2.75) is 25.6 Å². The van der Waals surface area contributed by atoms with Crippen molar-refractivity contribution in [1.29, 1.82) is 0 Å². The Kier molecular flexibility index (Phi) is 3.07. The maximum absolute atomic E-state index is 11.9. The van der Waals surface area contributed by atoms with Crippen LogP contribution < -0.4 is 0 Å². The molecule has 7 heteroatoms. The van der Waals surface area contributed by atoms with Crippen LogP contribution in [0.5, 0.6) is 0 Å². The number of halogens is 5. The molecule has 0 unspecified atom stereocenters. The first-order valence-electron chi connectivity index (χ1n) is 3.58. The van der Waals surface area contributed by atoms with Gasteiger partial charge in [-0.05, 0) is 0 Å². The first-order valence-corrected chi connectivity index (χ1v) is 3.58. The zero-order chi connectivity index (χ0) is 10.8. The van der Waals surface area contributed by atoms with Crippen LogP contribution in [0.25, 0.3) is 0 Å². The van der Waals surface area contributed by atoms with Crippen molar-refractivity contribution < 1.29 is 22.0 Å². The molecule has 0 N–H and O–H groups in total. The number of aromatic nitrogens is 2. The Morgan fingerprint density at radius 1 is 1.36 bits per heavy atom. The normalized spacial score (nSPS) is 12.4. The van der Waals surface area contributed by atoms with Gasteiger partial charge in [-0.2, -0.15) is 13.2 Å². The fourth-order valence-electron chi connectivity index (χ4n) is 0.884. The van der Waals surface area contributed by atoms with Crippen molar-refractivity contribution in [3.05, 3.63) is 18.2 Å². The summed E-state index contributed by atoms with van der Waals surface area (Å²) in [4.78, 5) is 3.14. The Morgan fingerprint density at radius 3 is 2.50 bits per heavy atom. The van der Waals surface area contributed by atoms with E-state index in [9.17, 15) is 22.0 Å². The predicted octanol–water partition coefficient (Wildman–Crippen LogP) is 1.85. The van der Waals surface area contributed by atoms with Gasteiger partial charge in [0.25, 0.3) is 6.43 Å². The number of nitrogens with zero attached hydrogens (tertiary/aromatic N) is 2. The van der Waals surface area contributed by atoms with Crippen LogP contribution in [-0.2, 0) is 13.0 Å². The molecule has 0 aliphatic carbocycles. The van der Waals surface area contributed by atoms with Gasteiger partial charge in [-0.3, -0.25) is 0 Å². The predicted molar refractivity (Wildman–Crippen MR) is 35.7 cm³/mol. The highest BCUT2D eigenvalue weighted by Gasteiger charge is 2.30. The minimum absolute atomic E-state index is 0.433. The molecular formula is C7H5F5N2. The summed E-state index contributed by atoms with van der Waals surface area (Å²) in [5.41, 5.74) is -0.433. The average Bonchev–Trinajstić information content (AvgIpc) is 2.32. The van der Waals surface area contributed by atoms with E-state index in [1.165, 1.54) is 0 Å². The molecule has 2 radical (unpaired) electrons. The lowest BCUT2D eigenvalue weighted by atomic mass is 10.3. The Balaban J connectivity index is 2.72. The fourth-order valence-corrected chi connectivity index (χ4v) is 0.884. The summed E-state index contributed by atoms with van der Waals surface area (Å²) in [7, 11) is 0. The molecule has 0 amide bonds. The summed E-state index contributed by atoms with van der Waals surface area (Å²) in [6.07, 6.45) is -4.55. The van der Waals surface area contributed by atoms with E-state index in [-0.39, 0.29) is 0 Å². The van der Waals surface area contributed by atoms with Gasteiger partial charge in [0, 0.05) is 0 Å². The van der Waals surface area contributed by atoms with Crippen LogP contribution in [0.1, 0.15) is 5.69 Å². The molecule has 14 heavy (non-hydrogen) atoms. The second kappa shape index (κ2) is 3.93. The molecule has 1 rings (SSSR count). The van der Waals surface area contributed by atoms with Crippen molar-refractivity contribution in [3.63, 3.8) is 0 Å². The Morgan fingerprint density at radius 2 is 2.00 bits per heavy atom. The molecule has 0 aliphatic heterocycles. The summed E-state index contributed by atoms with van der Waals surface area (Å²) >= 11 is 0. The van der Waals surface area contributed by atoms with E-state index < -0.39 is 31.3 Å². The van der Waals surface area contributed by atoms with Crippen LogP contribution in [-0.4, -0.2) is 22.2 Å². The van der Waals surface area contributed by atoms with E-state index in [0.717, 1.165) is 0 Å². The van der Waals surface area contributed by atoms with E-state index >= 15 is 0 Å². The van der Waals surface area contributed by atoms with Gasteiger partial charge in [0.05, 0.1) is 18.7 Å². The van der Waals surface area contributed by atoms with Crippen molar-refractivity contribution >= 4 is 0 Å². The van der Waals surface area contributed by atoms with Gasteiger partial charge < -0.3 is 4.57 Å². The second-order valence-electron chi connectivity index (χ2n) is 2.56. The maximum Gasteiger partial charge on any atom is 0.394 e. The molecule has 0 aliphatic rings. The molecule has 1 aromatic heterocycles. The van der Waals surface area contributed by atoms with Gasteiger partial charge in [-0.15, -0.1) is 0 Å². The largest absolute Gasteiger partial charge is 0.394 e. The van der Waals surface area contributed by atoms with E-state index in [1.807, 2.05) is 12.5 Å². The molecule has 0 spiro atoms. The zero-order valence-electron chi connectivity index (χ0n) is 6.78. The SMILES string of the molecule is FC(F)Cn1[c]n[c]c1CC(F)(F)F. The molecule has 1 heterocycles. The number of hydrogen-bond acceptors (Lipinski definition) is 1. The number of alkyl halides is 5. The highest BCUT2D eigenvalue weighted by Crippen LogP contribution is 2.20. The third-order valence-electron chi connectivity index (χ3n) is 1.37. The van der Waals surface area contributed by atoms with Crippen LogP contribution in [0.2, 0.25) is 0 Å². The lowest BCUT2D eigenvalue weighted by Gasteiger charge is -2.08. The Hall–Kier alpha value is -1.14. The quantitative estimate of drug-likeness (QED) is 0.699. The van der Waals surface area contributed by atoms with Crippen LogP contribution in [0.3, 0.4) is 0 Å². The van der Waals surface area contributed by atoms with Crippen molar-refractivity contribution in [2.75, 3.05) is 0 Å². The number of imidazole rings is 1. The minimum Gasteiger partial charge on any atom is -0.319 e. The minimum atomic E-state index is -4.45. The van der Waals surface area contributed by atoms with Gasteiger partial charge in [0.2, 0.25) is 0 Å². The summed E-state index contributed by atoms with van der Waals surface area (Å²) < 4.78 is 59.9. The first kappa shape index (κ1) is 10.9. The lowest BCUT2D eigenvalue weighted by Crippen LogP contribution is -2.17. The average molecular weight is 212 g/mol. The molecule has 0 aromatic carbocycles. The van der Waals surface area contributed by atoms with Gasteiger partial charge in [0.1, 0.15) is 6.20 Å². The van der Waals surface area contributed by atoms with E-state index in [0.29, 0.717) is 4.57 Å². The third-order valence-corrected chi connectivity index (χ3v) is 1.37. The van der Waals surface area contributed by atoms with Crippen LogP contribution in [0.4, 0.5) is 22.0 Å². The van der Waals surface area contributed by atoms with Gasteiger partial charge in [-0.25, -0.2) is 13.8 Å². The molecule has 2 nitrogen and oxygen atoms in total. The summed E-state index contributed by atoms with van der Waals surface area (Å²) in [6.45, 7) is -0.845. The summed E-state index contributed by atoms with van der Waals surface area (Å²) in [5.74, 6) is 0. The Bertz CT molecular complexity index is 291. The lowest BCUT2D eigenvalue weighted by molar-refractivity contribution is -0.128. The van der Waals surface area contributed by atoms with E-state index in [4.69, 9.17) is 0 Å². The van der Waals surface area contributed by atoms with Crippen LogP contribution in [0, 0.1) is 12.5 Å². The van der Waals surface area contributed by atoms with Gasteiger partial charge >= 0.3 is 6.18 Å². The third kappa shape index (κ3) is 3.31. The maximum atomic E-state index is 11.9. The highest BCUT2D eigenvalue weighted by molar-refractivity contribution is 4.98. The molecule has 0 atom stereocenters. The first-order chi connectivity index (χ1) is 6.38. The van der Waals surface area contributed by atoms with Crippen molar-refractivity contribution in [2.24, 2.45) is 0 Å². The fraction of sp³-hybridized carbons (Fsp3) is 0.571. The zero-order valence-corrected chi connectivity index (χ0v) is 6.78. The molecule has 1 aromatic rings. The summed E-state index contributed by atoms with van der Waals surface area (Å²) in [5, 5.41) is 0. The standard InChI is InChI=1S/C7H5F5N2/c8-6(9)3-14-4-13-2-5(14)1-7(10,11)12/h6H,1,3H2. The molecule has 78 valence electrons. The molecule has 0 saturated carbocycles. The van der Waals surface area contributed by atoms with Gasteiger partial charge in [-0.1, -0.05) is 0 Å². The van der Waals surface area contributed by atoms with Gasteiger partial charge in [0.15, 0.2) is 6.33 Å². The van der Waals surface area contributed by atoms with E-state index in [2.05, 4.69) is 4.98 Å². The molecule has 0 saturated heterocycles. The van der Waals surface area contributed by atoms with E-state index in [1.54, 1.807) is 0 Å². The molecular weight excluding hydrogens is 207 g/mol. The van der Waals surface area contributed by atoms with Crippen molar-refractivity contribution in [1.82, 2.24) is 9.55 Å². The van der Waals surface area contributed by atoms with Crippen molar-refractivity contribution in [3.8, 4) is 0 Å². The number of rotatable bonds is 3. The van der Waals surface area contributed by atoms with Crippen LogP contribution >= 0.6 is 0 Å². The number of hydrogen-bond donors (Lipinski definition) is 0. The summed E-state index contributed by atoms with van der Waals surface area (Å²) in [6, 6.07) is 0.